The normalized spacial score (nSPS) is 18.6. The molecule has 4 nitrogen and oxygen atoms in total. The topological polar surface area (TPSA) is 50.4 Å². The Balaban J connectivity index is 2.46. The van der Waals surface area contributed by atoms with Gasteiger partial charge in [-0.05, 0) is 46.0 Å². The maximum absolute atomic E-state index is 14.1. The summed E-state index contributed by atoms with van der Waals surface area (Å²) in [5.74, 6) is -0.903. The van der Waals surface area contributed by atoms with E-state index in [1.165, 1.54) is 6.07 Å². The minimum absolute atomic E-state index is 0.327. The SMILES string of the molecule is CC1=C(C(=O)OC(C)(C)C)[C@@H](c2ccccc2F)NC(=S)N1. The lowest BCUT2D eigenvalue weighted by Crippen LogP contribution is -2.46. The zero-order chi connectivity index (χ0) is 16.5. The van der Waals surface area contributed by atoms with Gasteiger partial charge in [-0.1, -0.05) is 18.2 Å². The van der Waals surface area contributed by atoms with Crippen molar-refractivity contribution in [2.24, 2.45) is 0 Å². The van der Waals surface area contributed by atoms with Crippen molar-refractivity contribution in [1.29, 1.82) is 0 Å². The first-order valence-corrected chi connectivity index (χ1v) is 7.36. The van der Waals surface area contributed by atoms with E-state index < -0.39 is 23.4 Å². The molecule has 0 aliphatic carbocycles. The van der Waals surface area contributed by atoms with Gasteiger partial charge in [0.05, 0.1) is 11.6 Å². The number of halogens is 1. The van der Waals surface area contributed by atoms with Gasteiger partial charge < -0.3 is 15.4 Å². The molecular weight excluding hydrogens is 303 g/mol. The Morgan fingerprint density at radius 2 is 1.95 bits per heavy atom. The van der Waals surface area contributed by atoms with Crippen LogP contribution in [0, 0.1) is 5.82 Å². The molecule has 1 aromatic rings. The third-order valence-corrected chi connectivity index (χ3v) is 3.32. The molecule has 0 fully saturated rings. The lowest BCUT2D eigenvalue weighted by molar-refractivity contribution is -0.150. The Morgan fingerprint density at radius 3 is 2.55 bits per heavy atom. The molecule has 1 aliphatic rings. The van der Waals surface area contributed by atoms with Crippen LogP contribution in [-0.2, 0) is 9.53 Å². The summed E-state index contributed by atoms with van der Waals surface area (Å²) in [6.07, 6.45) is 0. The number of nitrogens with one attached hydrogen (secondary N) is 2. The maximum Gasteiger partial charge on any atom is 0.338 e. The molecule has 22 heavy (non-hydrogen) atoms. The molecule has 0 amide bonds. The molecule has 6 heteroatoms. The minimum Gasteiger partial charge on any atom is -0.456 e. The molecular formula is C16H19FN2O2S. The molecule has 1 aromatic carbocycles. The molecule has 0 spiro atoms. The van der Waals surface area contributed by atoms with Crippen molar-refractivity contribution in [3.05, 3.63) is 46.9 Å². The van der Waals surface area contributed by atoms with Crippen molar-refractivity contribution in [2.45, 2.75) is 39.3 Å². The van der Waals surface area contributed by atoms with E-state index in [0.29, 0.717) is 21.9 Å². The number of carbonyl (C=O) groups excluding carboxylic acids is 1. The average molecular weight is 322 g/mol. The van der Waals surface area contributed by atoms with Gasteiger partial charge in [0.1, 0.15) is 11.4 Å². The Kier molecular flexibility index (Phi) is 4.51. The van der Waals surface area contributed by atoms with Gasteiger partial charge >= 0.3 is 5.97 Å². The van der Waals surface area contributed by atoms with Crippen molar-refractivity contribution in [3.8, 4) is 0 Å². The Morgan fingerprint density at radius 1 is 1.32 bits per heavy atom. The van der Waals surface area contributed by atoms with Crippen LogP contribution in [0.3, 0.4) is 0 Å². The number of rotatable bonds is 2. The molecule has 0 saturated heterocycles. The fraction of sp³-hybridized carbons (Fsp3) is 0.375. The largest absolute Gasteiger partial charge is 0.456 e. The van der Waals surface area contributed by atoms with E-state index in [2.05, 4.69) is 10.6 Å². The van der Waals surface area contributed by atoms with Crippen LogP contribution in [-0.4, -0.2) is 16.7 Å². The fourth-order valence-electron chi connectivity index (χ4n) is 2.24. The number of thiocarbonyl (C=S) groups is 1. The van der Waals surface area contributed by atoms with Crippen molar-refractivity contribution in [3.63, 3.8) is 0 Å². The number of carbonyl (C=O) groups is 1. The highest BCUT2D eigenvalue weighted by atomic mass is 32.1. The van der Waals surface area contributed by atoms with E-state index in [-0.39, 0.29) is 0 Å². The Hall–Kier alpha value is -1.95. The first kappa shape index (κ1) is 16.4. The summed E-state index contributed by atoms with van der Waals surface area (Å²) < 4.78 is 19.6. The van der Waals surface area contributed by atoms with E-state index >= 15 is 0 Å². The van der Waals surface area contributed by atoms with E-state index in [1.807, 2.05) is 0 Å². The van der Waals surface area contributed by atoms with Crippen molar-refractivity contribution in [2.75, 3.05) is 0 Å². The molecule has 2 N–H and O–H groups in total. The van der Waals surface area contributed by atoms with Gasteiger partial charge in [-0.2, -0.15) is 0 Å². The predicted octanol–water partition coefficient (Wildman–Crippen LogP) is 2.96. The van der Waals surface area contributed by atoms with Crippen molar-refractivity contribution >= 4 is 23.3 Å². The van der Waals surface area contributed by atoms with Crippen LogP contribution >= 0.6 is 12.2 Å². The summed E-state index contributed by atoms with van der Waals surface area (Å²) in [4.78, 5) is 12.5. The molecule has 0 saturated carbocycles. The third kappa shape index (κ3) is 3.62. The van der Waals surface area contributed by atoms with E-state index in [0.717, 1.165) is 0 Å². The molecule has 0 unspecified atom stereocenters. The lowest BCUT2D eigenvalue weighted by atomic mass is 9.95. The monoisotopic (exact) mass is 322 g/mol. The van der Waals surface area contributed by atoms with Crippen LogP contribution in [0.2, 0.25) is 0 Å². The highest BCUT2D eigenvalue weighted by molar-refractivity contribution is 7.80. The van der Waals surface area contributed by atoms with Gasteiger partial charge in [-0.15, -0.1) is 0 Å². The summed E-state index contributed by atoms with van der Waals surface area (Å²) >= 11 is 5.12. The second kappa shape index (κ2) is 6.04. The fourth-order valence-corrected chi connectivity index (χ4v) is 2.51. The van der Waals surface area contributed by atoms with Gasteiger partial charge in [0.15, 0.2) is 5.11 Å². The van der Waals surface area contributed by atoms with E-state index in [1.54, 1.807) is 45.9 Å². The van der Waals surface area contributed by atoms with Crippen molar-refractivity contribution < 1.29 is 13.9 Å². The molecule has 0 bridgehead atoms. The van der Waals surface area contributed by atoms with Gasteiger partial charge in [0, 0.05) is 11.3 Å². The zero-order valence-electron chi connectivity index (χ0n) is 13.0. The predicted molar refractivity (Wildman–Crippen MR) is 86.6 cm³/mol. The standard InChI is InChI=1S/C16H19FN2O2S/c1-9-12(14(20)21-16(2,3)4)13(19-15(22)18-9)10-7-5-6-8-11(10)17/h5-8,13H,1-4H3,(H2,18,19,22)/t13-/m1/s1. The molecule has 1 aliphatic heterocycles. The molecule has 1 heterocycles. The Bertz CT molecular complexity index is 650. The van der Waals surface area contributed by atoms with Crippen LogP contribution in [0.15, 0.2) is 35.5 Å². The highest BCUT2D eigenvalue weighted by Gasteiger charge is 2.34. The van der Waals surface area contributed by atoms with Gasteiger partial charge in [0.25, 0.3) is 0 Å². The first-order valence-electron chi connectivity index (χ1n) is 6.95. The summed E-state index contributed by atoms with van der Waals surface area (Å²) in [6, 6.07) is 5.61. The van der Waals surface area contributed by atoms with Crippen LogP contribution in [0.25, 0.3) is 0 Å². The molecule has 0 radical (unpaired) electrons. The number of hydrogen-bond acceptors (Lipinski definition) is 3. The smallest absolute Gasteiger partial charge is 0.338 e. The summed E-state index contributed by atoms with van der Waals surface area (Å²) in [5, 5.41) is 6.18. The highest BCUT2D eigenvalue weighted by Crippen LogP contribution is 2.30. The van der Waals surface area contributed by atoms with Crippen LogP contribution in [0.4, 0.5) is 4.39 Å². The van der Waals surface area contributed by atoms with Crippen LogP contribution < -0.4 is 10.6 Å². The van der Waals surface area contributed by atoms with Gasteiger partial charge in [-0.25, -0.2) is 9.18 Å². The minimum atomic E-state index is -0.676. The summed E-state index contributed by atoms with van der Waals surface area (Å²) in [6.45, 7) is 7.08. The quantitative estimate of drug-likeness (QED) is 0.648. The second-order valence-electron chi connectivity index (χ2n) is 6.09. The lowest BCUT2D eigenvalue weighted by Gasteiger charge is -2.31. The van der Waals surface area contributed by atoms with Gasteiger partial charge in [-0.3, -0.25) is 0 Å². The summed E-state index contributed by atoms with van der Waals surface area (Å²) in [7, 11) is 0. The molecule has 0 aromatic heterocycles. The van der Waals surface area contributed by atoms with Crippen molar-refractivity contribution in [1.82, 2.24) is 10.6 Å². The average Bonchev–Trinajstić information content (AvgIpc) is 2.35. The number of hydrogen-bond donors (Lipinski definition) is 2. The third-order valence-electron chi connectivity index (χ3n) is 3.10. The first-order chi connectivity index (χ1) is 10.2. The second-order valence-corrected chi connectivity index (χ2v) is 6.50. The van der Waals surface area contributed by atoms with Crippen LogP contribution in [0.5, 0.6) is 0 Å². The van der Waals surface area contributed by atoms with Gasteiger partial charge in [0.2, 0.25) is 0 Å². The van der Waals surface area contributed by atoms with Crippen LogP contribution in [0.1, 0.15) is 39.3 Å². The zero-order valence-corrected chi connectivity index (χ0v) is 13.8. The van der Waals surface area contributed by atoms with E-state index in [9.17, 15) is 9.18 Å². The number of ether oxygens (including phenoxy) is 1. The molecule has 118 valence electrons. The summed E-state index contributed by atoms with van der Waals surface area (Å²) in [5.41, 5.74) is 0.605. The maximum atomic E-state index is 14.1. The van der Waals surface area contributed by atoms with E-state index in [4.69, 9.17) is 17.0 Å². The number of benzene rings is 1. The number of allylic oxidation sites excluding steroid dienone is 1. The number of esters is 1. The molecule has 1 atom stereocenters. The Labute approximate surface area is 134 Å². The molecule has 2 rings (SSSR count).